The minimum Gasteiger partial charge on any atom is -0.455 e. The smallest absolute Gasteiger partial charge is 0.338 e. The molecule has 6 rings (SSSR count). The number of hydrogen-bond donors (Lipinski definition) is 1. The average molecular weight is 683 g/mol. The number of rotatable bonds is 8. The summed E-state index contributed by atoms with van der Waals surface area (Å²) in [6.45, 7) is 20.0. The summed E-state index contributed by atoms with van der Waals surface area (Å²) in [5.41, 5.74) is -2.54. The molecule has 0 spiro atoms. The van der Waals surface area contributed by atoms with Crippen molar-refractivity contribution in [2.24, 2.45) is 16.7 Å². The number of ether oxygens (including phenoxy) is 5. The Balaban J connectivity index is 1.65. The molecule has 0 amide bonds. The fraction of sp³-hybridized carbons (Fsp3) is 0.684. The van der Waals surface area contributed by atoms with Crippen molar-refractivity contribution in [1.29, 1.82) is 0 Å². The molecule has 2 bridgehead atoms. The van der Waals surface area contributed by atoms with Crippen LogP contribution in [-0.4, -0.2) is 79.5 Å². The van der Waals surface area contributed by atoms with E-state index in [0.29, 0.717) is 5.56 Å². The van der Waals surface area contributed by atoms with Crippen LogP contribution in [0.15, 0.2) is 53.6 Å². The topological polar surface area (TPSA) is 110 Å². The van der Waals surface area contributed by atoms with Crippen molar-refractivity contribution in [3.05, 3.63) is 59.2 Å². The van der Waals surface area contributed by atoms with Crippen molar-refractivity contribution < 1.29 is 42.8 Å². The quantitative estimate of drug-likeness (QED) is 0.187. The normalized spacial score (nSPS) is 39.2. The van der Waals surface area contributed by atoms with E-state index in [1.165, 1.54) is 6.92 Å². The van der Waals surface area contributed by atoms with Crippen LogP contribution in [0.1, 0.15) is 86.0 Å². The second-order valence-electron chi connectivity index (χ2n) is 15.9. The third-order valence-electron chi connectivity index (χ3n) is 12.6. The largest absolute Gasteiger partial charge is 0.455 e. The van der Waals surface area contributed by atoms with Gasteiger partial charge in [0.1, 0.15) is 30.0 Å². The van der Waals surface area contributed by atoms with E-state index in [4.69, 9.17) is 28.1 Å². The molecular weight excluding hydrogens is 628 g/mol. The van der Waals surface area contributed by atoms with Crippen LogP contribution in [0.5, 0.6) is 0 Å². The van der Waals surface area contributed by atoms with Gasteiger partial charge in [-0.1, -0.05) is 71.9 Å². The third-order valence-corrected chi connectivity index (χ3v) is 17.3. The molecule has 264 valence electrons. The Morgan fingerprint density at radius 3 is 2.21 bits per heavy atom. The highest BCUT2D eigenvalue weighted by Gasteiger charge is 2.76. The lowest BCUT2D eigenvalue weighted by Gasteiger charge is -2.66. The summed E-state index contributed by atoms with van der Waals surface area (Å²) in [5, 5.41) is 13.7. The van der Waals surface area contributed by atoms with Gasteiger partial charge in [-0.25, -0.2) is 4.79 Å². The zero-order valence-corrected chi connectivity index (χ0v) is 31.3. The van der Waals surface area contributed by atoms with E-state index in [1.54, 1.807) is 24.3 Å². The first-order chi connectivity index (χ1) is 22.4. The van der Waals surface area contributed by atoms with Gasteiger partial charge < -0.3 is 33.2 Å². The van der Waals surface area contributed by atoms with E-state index in [-0.39, 0.29) is 13.0 Å². The van der Waals surface area contributed by atoms with Crippen LogP contribution < -0.4 is 0 Å². The first-order valence-electron chi connectivity index (χ1n) is 17.7. The standard InChI is InChI=1S/C38H54O9Si/c1-11-48(12-2,13-3)47-26-21-38(41)32(43-33(40)25-17-15-14-16-18-25)30-36(10,20-19-27-37(30,22-42-27)44-24(5)39)31-29(45-35(8,9)46-31)28(23(26)4)34(38,6)7/h14-20,26-27,29-32,41H,11-13,21-22H2,1-10H3/t26-,27+,29+,30-,31+,32-,36+,37-,38+/m0/s1. The van der Waals surface area contributed by atoms with Crippen molar-refractivity contribution in [2.75, 3.05) is 6.61 Å². The zero-order chi connectivity index (χ0) is 35.1. The molecule has 9 atom stereocenters. The van der Waals surface area contributed by atoms with Crippen LogP contribution in [0.4, 0.5) is 0 Å². The molecule has 1 saturated carbocycles. The number of carbonyl (C=O) groups is 2. The van der Waals surface area contributed by atoms with Crippen molar-refractivity contribution in [3.63, 3.8) is 0 Å². The predicted octanol–water partition coefficient (Wildman–Crippen LogP) is 6.51. The Morgan fingerprint density at radius 1 is 1.00 bits per heavy atom. The fourth-order valence-corrected chi connectivity index (χ4v) is 12.6. The molecule has 1 aromatic rings. The van der Waals surface area contributed by atoms with Gasteiger partial charge in [-0.15, -0.1) is 0 Å². The van der Waals surface area contributed by atoms with Gasteiger partial charge in [-0.05, 0) is 62.2 Å². The molecule has 0 unspecified atom stereocenters. The van der Waals surface area contributed by atoms with E-state index in [2.05, 4.69) is 27.7 Å². The van der Waals surface area contributed by atoms with E-state index < -0.39 is 84.5 Å². The minimum atomic E-state index is -2.20. The van der Waals surface area contributed by atoms with Crippen LogP contribution >= 0.6 is 0 Å². The molecule has 10 heteroatoms. The SMILES string of the molecule is CC[Si](CC)(CC)O[C@H]1C[C@@]2(O)[C@@H](OC(=O)c3ccccc3)[C@H]3[C@@](C)(C=C[C@H]4OC[C@]43OC(C)=O)[C@@H]3OC(C)(C)O[C@@H]3C(=C1C)C2(C)C. The fourth-order valence-electron chi connectivity index (χ4n) is 9.73. The maximum atomic E-state index is 14.2. The van der Waals surface area contributed by atoms with Crippen molar-refractivity contribution in [2.45, 2.75) is 141 Å². The second-order valence-corrected chi connectivity index (χ2v) is 20.6. The highest BCUT2D eigenvalue weighted by molar-refractivity contribution is 6.73. The molecule has 2 heterocycles. The molecule has 0 aromatic heterocycles. The summed E-state index contributed by atoms with van der Waals surface area (Å²) in [7, 11) is -2.20. The monoisotopic (exact) mass is 682 g/mol. The molecule has 2 aliphatic heterocycles. The Bertz CT molecular complexity index is 1490. The molecule has 0 radical (unpaired) electrons. The summed E-state index contributed by atoms with van der Waals surface area (Å²) >= 11 is 0. The molecule has 9 nitrogen and oxygen atoms in total. The lowest BCUT2D eigenvalue weighted by Crippen LogP contribution is -2.78. The van der Waals surface area contributed by atoms with Crippen LogP contribution in [0.25, 0.3) is 0 Å². The molecular formula is C38H54O9Si. The highest BCUT2D eigenvalue weighted by Crippen LogP contribution is 2.66. The van der Waals surface area contributed by atoms with Crippen LogP contribution in [-0.2, 0) is 32.9 Å². The van der Waals surface area contributed by atoms with Gasteiger partial charge in [0.15, 0.2) is 19.7 Å². The number of aliphatic hydroxyl groups is 1. The van der Waals surface area contributed by atoms with Gasteiger partial charge in [-0.2, -0.15) is 0 Å². The molecule has 3 fully saturated rings. The maximum absolute atomic E-state index is 14.2. The number of carbonyl (C=O) groups excluding carboxylic acids is 2. The Labute approximate surface area is 286 Å². The Hall–Kier alpha value is -2.34. The molecule has 1 N–H and O–H groups in total. The van der Waals surface area contributed by atoms with E-state index in [1.807, 2.05) is 52.8 Å². The Morgan fingerprint density at radius 2 is 1.65 bits per heavy atom. The van der Waals surface area contributed by atoms with Gasteiger partial charge in [-0.3, -0.25) is 4.79 Å². The molecule has 3 aliphatic carbocycles. The highest BCUT2D eigenvalue weighted by atomic mass is 28.4. The molecule has 48 heavy (non-hydrogen) atoms. The van der Waals surface area contributed by atoms with Gasteiger partial charge in [0, 0.05) is 24.2 Å². The average Bonchev–Trinajstić information content (AvgIpc) is 3.35. The van der Waals surface area contributed by atoms with Gasteiger partial charge in [0.25, 0.3) is 0 Å². The first kappa shape index (κ1) is 35.5. The summed E-state index contributed by atoms with van der Waals surface area (Å²) < 4.78 is 40.0. The zero-order valence-electron chi connectivity index (χ0n) is 30.3. The van der Waals surface area contributed by atoms with Crippen LogP contribution in [0.2, 0.25) is 18.1 Å². The lowest BCUT2D eigenvalue weighted by atomic mass is 9.46. The molecule has 1 aromatic carbocycles. The summed E-state index contributed by atoms with van der Waals surface area (Å²) in [5.74, 6) is -2.79. The van der Waals surface area contributed by atoms with Gasteiger partial charge in [0.05, 0.1) is 24.2 Å². The summed E-state index contributed by atoms with van der Waals surface area (Å²) in [6.07, 6.45) is 0.804. The number of fused-ring (bicyclic) bond motifs is 8. The van der Waals surface area contributed by atoms with Crippen molar-refractivity contribution in [3.8, 4) is 0 Å². The van der Waals surface area contributed by atoms with E-state index >= 15 is 0 Å². The lowest BCUT2D eigenvalue weighted by molar-refractivity contribution is -0.317. The van der Waals surface area contributed by atoms with Crippen LogP contribution in [0.3, 0.4) is 0 Å². The van der Waals surface area contributed by atoms with Crippen LogP contribution in [0, 0.1) is 16.7 Å². The predicted molar refractivity (Wildman–Crippen MR) is 183 cm³/mol. The third kappa shape index (κ3) is 5.11. The Kier molecular flexibility index (Phi) is 8.78. The number of hydrogen-bond acceptors (Lipinski definition) is 9. The summed E-state index contributed by atoms with van der Waals surface area (Å²) in [4.78, 5) is 27.1. The van der Waals surface area contributed by atoms with Gasteiger partial charge in [0.2, 0.25) is 0 Å². The molecule has 2 saturated heterocycles. The molecule has 5 aliphatic rings. The minimum absolute atomic E-state index is 0.0819. The summed E-state index contributed by atoms with van der Waals surface area (Å²) in [6, 6.07) is 11.6. The van der Waals surface area contributed by atoms with E-state index in [9.17, 15) is 14.7 Å². The number of esters is 2. The first-order valence-corrected chi connectivity index (χ1v) is 20.2. The van der Waals surface area contributed by atoms with Crippen molar-refractivity contribution >= 4 is 20.3 Å². The van der Waals surface area contributed by atoms with Crippen molar-refractivity contribution in [1.82, 2.24) is 0 Å². The number of benzene rings is 1. The second kappa shape index (κ2) is 11.9. The maximum Gasteiger partial charge on any atom is 0.338 e. The van der Waals surface area contributed by atoms with E-state index in [0.717, 1.165) is 29.3 Å². The van der Waals surface area contributed by atoms with Gasteiger partial charge >= 0.3 is 11.9 Å².